The molecule has 34 heavy (non-hydrogen) atoms. The summed E-state index contributed by atoms with van der Waals surface area (Å²) < 4.78 is 3.64. The third kappa shape index (κ3) is 4.32. The molecule has 0 spiro atoms. The number of unbranched alkanes of at least 4 members (excludes halogenated alkanes) is 1. The lowest BCUT2D eigenvalue weighted by molar-refractivity contribution is 0.674. The van der Waals surface area contributed by atoms with Gasteiger partial charge in [-0.05, 0) is 46.9 Å². The lowest BCUT2D eigenvalue weighted by atomic mass is 9.98. The molecule has 0 aliphatic rings. The highest BCUT2D eigenvalue weighted by molar-refractivity contribution is 5.80. The van der Waals surface area contributed by atoms with Gasteiger partial charge in [0.1, 0.15) is 0 Å². The summed E-state index contributed by atoms with van der Waals surface area (Å²) in [7, 11) is 0. The minimum Gasteiger partial charge on any atom is -0.292 e. The summed E-state index contributed by atoms with van der Waals surface area (Å²) in [6, 6.07) is 26.1. The van der Waals surface area contributed by atoms with Crippen molar-refractivity contribution in [3.8, 4) is 28.2 Å². The lowest BCUT2D eigenvalue weighted by Gasteiger charge is -2.10. The van der Waals surface area contributed by atoms with Gasteiger partial charge in [-0.25, -0.2) is 4.79 Å². The number of hydrogen-bond donors (Lipinski definition) is 1. The minimum atomic E-state index is -0.0103. The lowest BCUT2D eigenvalue weighted by Crippen LogP contribution is -2.24. The summed E-state index contributed by atoms with van der Waals surface area (Å²) in [6.07, 6.45) is 4.99. The van der Waals surface area contributed by atoms with Crippen LogP contribution in [0, 0.1) is 0 Å². The van der Waals surface area contributed by atoms with E-state index in [1.54, 1.807) is 4.57 Å². The Morgan fingerprint density at radius 3 is 2.32 bits per heavy atom. The monoisotopic (exact) mass is 450 g/mol. The Morgan fingerprint density at radius 1 is 0.882 bits per heavy atom. The Labute approximate surface area is 197 Å². The second-order valence-corrected chi connectivity index (χ2v) is 8.28. The number of H-pyrrole nitrogens is 1. The standard InChI is InChI=1S/C27H26N6O/c1-2-3-9-23-19-33(22-10-5-4-6-11-22)27(34)32(23)18-20-14-16-21(17-15-20)24-12-7-8-13-25(24)26-28-30-31-29-26/h4-8,10-17,19H,2-3,9,18H2,1H3,(H,28,29,30,31). The maximum Gasteiger partial charge on any atom is 0.333 e. The number of aryl methyl sites for hydroxylation is 1. The topological polar surface area (TPSA) is 81.4 Å². The quantitative estimate of drug-likeness (QED) is 0.365. The average molecular weight is 451 g/mol. The Kier molecular flexibility index (Phi) is 6.16. The van der Waals surface area contributed by atoms with Gasteiger partial charge in [-0.1, -0.05) is 80.1 Å². The van der Waals surface area contributed by atoms with Crippen LogP contribution in [0.3, 0.4) is 0 Å². The first-order valence-electron chi connectivity index (χ1n) is 11.5. The van der Waals surface area contributed by atoms with Crippen LogP contribution in [0.15, 0.2) is 89.9 Å². The summed E-state index contributed by atoms with van der Waals surface area (Å²) in [6.45, 7) is 2.70. The molecular formula is C27H26N6O. The maximum absolute atomic E-state index is 13.3. The van der Waals surface area contributed by atoms with E-state index in [2.05, 4.69) is 51.8 Å². The Bertz CT molecular complexity index is 1420. The third-order valence-electron chi connectivity index (χ3n) is 6.00. The fourth-order valence-electron chi connectivity index (χ4n) is 4.21. The van der Waals surface area contributed by atoms with Gasteiger partial charge < -0.3 is 0 Å². The van der Waals surface area contributed by atoms with Crippen molar-refractivity contribution in [1.29, 1.82) is 0 Å². The molecular weight excluding hydrogens is 424 g/mol. The molecule has 0 bridgehead atoms. The second-order valence-electron chi connectivity index (χ2n) is 8.28. The van der Waals surface area contributed by atoms with Crippen LogP contribution in [0.2, 0.25) is 0 Å². The van der Waals surface area contributed by atoms with E-state index in [1.165, 1.54) is 0 Å². The van der Waals surface area contributed by atoms with Crippen LogP contribution in [-0.4, -0.2) is 29.8 Å². The van der Waals surface area contributed by atoms with Crippen LogP contribution in [-0.2, 0) is 13.0 Å². The molecule has 7 heteroatoms. The van der Waals surface area contributed by atoms with Gasteiger partial charge in [0.15, 0.2) is 0 Å². The van der Waals surface area contributed by atoms with Gasteiger partial charge in [0, 0.05) is 17.5 Å². The van der Waals surface area contributed by atoms with Gasteiger partial charge in [-0.2, -0.15) is 5.21 Å². The molecule has 0 unspecified atom stereocenters. The predicted molar refractivity (Wildman–Crippen MR) is 133 cm³/mol. The van der Waals surface area contributed by atoms with Crippen LogP contribution in [0.5, 0.6) is 0 Å². The first-order valence-corrected chi connectivity index (χ1v) is 11.5. The van der Waals surface area contributed by atoms with Crippen LogP contribution in [0.25, 0.3) is 28.2 Å². The molecule has 0 saturated carbocycles. The molecule has 5 rings (SSSR count). The third-order valence-corrected chi connectivity index (χ3v) is 6.00. The summed E-state index contributed by atoms with van der Waals surface area (Å²) in [4.78, 5) is 13.3. The van der Waals surface area contributed by atoms with Crippen molar-refractivity contribution in [2.75, 3.05) is 0 Å². The van der Waals surface area contributed by atoms with Gasteiger partial charge >= 0.3 is 5.69 Å². The second kappa shape index (κ2) is 9.70. The Morgan fingerprint density at radius 2 is 1.62 bits per heavy atom. The van der Waals surface area contributed by atoms with Crippen LogP contribution >= 0.6 is 0 Å². The van der Waals surface area contributed by atoms with Crippen molar-refractivity contribution < 1.29 is 0 Å². The molecule has 7 nitrogen and oxygen atoms in total. The highest BCUT2D eigenvalue weighted by Crippen LogP contribution is 2.29. The SMILES string of the molecule is CCCCc1cn(-c2ccccc2)c(=O)n1Cc1ccc(-c2ccccc2-c2nn[nH]n2)cc1. The normalized spacial score (nSPS) is 11.1. The average Bonchev–Trinajstić information content (AvgIpc) is 3.53. The molecule has 2 aromatic heterocycles. The number of imidazole rings is 1. The number of aromatic amines is 1. The van der Waals surface area contributed by atoms with E-state index in [1.807, 2.05) is 65.4 Å². The van der Waals surface area contributed by atoms with Crippen molar-refractivity contribution in [2.45, 2.75) is 32.7 Å². The fourth-order valence-corrected chi connectivity index (χ4v) is 4.21. The molecule has 0 aliphatic carbocycles. The minimum absolute atomic E-state index is 0.0103. The van der Waals surface area contributed by atoms with E-state index in [0.717, 1.165) is 52.9 Å². The Hall–Kier alpha value is -4.26. The number of hydrogen-bond acceptors (Lipinski definition) is 4. The maximum atomic E-state index is 13.3. The molecule has 0 amide bonds. The molecule has 0 saturated heterocycles. The summed E-state index contributed by atoms with van der Waals surface area (Å²) in [5, 5.41) is 14.5. The van der Waals surface area contributed by atoms with Crippen molar-refractivity contribution in [2.24, 2.45) is 0 Å². The molecule has 5 aromatic rings. The van der Waals surface area contributed by atoms with E-state index in [9.17, 15) is 4.79 Å². The van der Waals surface area contributed by atoms with Gasteiger partial charge in [0.05, 0.1) is 12.2 Å². The summed E-state index contributed by atoms with van der Waals surface area (Å²) in [5.41, 5.74) is 6.02. The van der Waals surface area contributed by atoms with Crippen LogP contribution in [0.1, 0.15) is 31.0 Å². The zero-order chi connectivity index (χ0) is 23.3. The van der Waals surface area contributed by atoms with Gasteiger partial charge in [0.25, 0.3) is 0 Å². The number of rotatable bonds is 8. The van der Waals surface area contributed by atoms with Gasteiger partial charge in [-0.3, -0.25) is 9.13 Å². The molecule has 170 valence electrons. The number of nitrogens with zero attached hydrogens (tertiary/aromatic N) is 5. The molecule has 1 N–H and O–H groups in total. The smallest absolute Gasteiger partial charge is 0.292 e. The van der Waals surface area contributed by atoms with Crippen molar-refractivity contribution in [3.05, 3.63) is 107 Å². The van der Waals surface area contributed by atoms with Crippen molar-refractivity contribution in [1.82, 2.24) is 29.8 Å². The van der Waals surface area contributed by atoms with E-state index in [-0.39, 0.29) is 5.69 Å². The van der Waals surface area contributed by atoms with Crippen molar-refractivity contribution in [3.63, 3.8) is 0 Å². The number of nitrogens with one attached hydrogen (secondary N) is 1. The number of aromatic nitrogens is 6. The molecule has 3 aromatic carbocycles. The largest absolute Gasteiger partial charge is 0.333 e. The van der Waals surface area contributed by atoms with E-state index in [0.29, 0.717) is 12.4 Å². The zero-order valence-electron chi connectivity index (χ0n) is 19.1. The molecule has 0 fully saturated rings. The molecule has 2 heterocycles. The zero-order valence-corrected chi connectivity index (χ0v) is 19.1. The number of para-hydroxylation sites is 1. The first kappa shape index (κ1) is 21.6. The van der Waals surface area contributed by atoms with E-state index in [4.69, 9.17) is 0 Å². The molecule has 0 atom stereocenters. The van der Waals surface area contributed by atoms with Gasteiger partial charge in [0.2, 0.25) is 5.82 Å². The Balaban J connectivity index is 1.46. The van der Waals surface area contributed by atoms with E-state index < -0.39 is 0 Å². The highest BCUT2D eigenvalue weighted by atomic mass is 16.1. The number of tetrazole rings is 1. The first-order chi connectivity index (χ1) is 16.7. The fraction of sp³-hybridized carbons (Fsp3) is 0.185. The number of benzene rings is 3. The summed E-state index contributed by atoms with van der Waals surface area (Å²) >= 11 is 0. The molecule has 0 aliphatic heterocycles. The van der Waals surface area contributed by atoms with Crippen LogP contribution < -0.4 is 5.69 Å². The molecule has 0 radical (unpaired) electrons. The van der Waals surface area contributed by atoms with E-state index >= 15 is 0 Å². The highest BCUT2D eigenvalue weighted by Gasteiger charge is 2.14. The summed E-state index contributed by atoms with van der Waals surface area (Å²) in [5.74, 6) is 0.564. The predicted octanol–water partition coefficient (Wildman–Crippen LogP) is 4.88. The van der Waals surface area contributed by atoms with Crippen LogP contribution in [0.4, 0.5) is 0 Å². The van der Waals surface area contributed by atoms with Gasteiger partial charge in [-0.15, -0.1) is 10.2 Å². The van der Waals surface area contributed by atoms with Crippen molar-refractivity contribution >= 4 is 0 Å².